The first-order chi connectivity index (χ1) is 7.63. The summed E-state index contributed by atoms with van der Waals surface area (Å²) >= 11 is 0. The normalized spacial score (nSPS) is 12.8. The zero-order valence-corrected chi connectivity index (χ0v) is 11.1. The maximum absolute atomic E-state index is 10.8. The lowest BCUT2D eigenvalue weighted by molar-refractivity contribution is -0.147. The summed E-state index contributed by atoms with van der Waals surface area (Å²) in [5, 5.41) is 0. The van der Waals surface area contributed by atoms with E-state index in [9.17, 15) is 4.79 Å². The molecule has 0 saturated carbocycles. The molecule has 0 bridgehead atoms. The maximum Gasteiger partial charge on any atom is 0.302 e. The first kappa shape index (κ1) is 15.4. The van der Waals surface area contributed by atoms with Crippen LogP contribution in [0.15, 0.2) is 0 Å². The smallest absolute Gasteiger partial charge is 0.302 e. The summed E-state index contributed by atoms with van der Waals surface area (Å²) in [4.78, 5) is 10.8. The summed E-state index contributed by atoms with van der Waals surface area (Å²) in [5.74, 6) is -0.227. The van der Waals surface area contributed by atoms with Crippen molar-refractivity contribution in [1.29, 1.82) is 0 Å². The van der Waals surface area contributed by atoms with Crippen molar-refractivity contribution >= 4 is 5.97 Å². The van der Waals surface area contributed by atoms with Gasteiger partial charge in [0.2, 0.25) is 0 Å². The summed E-state index contributed by atoms with van der Waals surface area (Å²) in [6.45, 7) is 8.23. The van der Waals surface area contributed by atoms with Crippen molar-refractivity contribution in [1.82, 2.24) is 0 Å². The Balaban J connectivity index is 4.01. The number of hydrogen-bond acceptors (Lipinski definition) is 3. The number of ether oxygens (including phenoxy) is 2. The fourth-order valence-electron chi connectivity index (χ4n) is 1.59. The number of hydrogen-bond donors (Lipinski definition) is 0. The highest BCUT2D eigenvalue weighted by molar-refractivity contribution is 5.65. The van der Waals surface area contributed by atoms with Crippen molar-refractivity contribution in [2.45, 2.75) is 72.0 Å². The van der Waals surface area contributed by atoms with Crippen molar-refractivity contribution in [3.63, 3.8) is 0 Å². The molecule has 0 aliphatic heterocycles. The minimum Gasteiger partial charge on any atom is -0.463 e. The lowest BCUT2D eigenvalue weighted by Crippen LogP contribution is -2.26. The number of carbonyl (C=O) groups excluding carboxylic acids is 1. The third kappa shape index (κ3) is 7.69. The second-order valence-corrected chi connectivity index (χ2v) is 4.14. The topological polar surface area (TPSA) is 35.5 Å². The van der Waals surface area contributed by atoms with Crippen LogP contribution >= 0.6 is 0 Å². The Morgan fingerprint density at radius 1 is 1.12 bits per heavy atom. The van der Waals surface area contributed by atoms with E-state index in [1.54, 1.807) is 0 Å². The summed E-state index contributed by atoms with van der Waals surface area (Å²) in [5.41, 5.74) is 0. The van der Waals surface area contributed by atoms with Crippen LogP contribution in [0.4, 0.5) is 0 Å². The molecule has 16 heavy (non-hydrogen) atoms. The minimum atomic E-state index is -0.227. The quantitative estimate of drug-likeness (QED) is 0.570. The molecule has 0 fully saturated rings. The van der Waals surface area contributed by atoms with E-state index in [4.69, 9.17) is 9.47 Å². The maximum atomic E-state index is 10.8. The van der Waals surface area contributed by atoms with Crippen molar-refractivity contribution in [2.75, 3.05) is 6.61 Å². The minimum absolute atomic E-state index is 0.0637. The van der Waals surface area contributed by atoms with E-state index >= 15 is 0 Å². The highest BCUT2D eigenvalue weighted by atomic mass is 16.6. The van der Waals surface area contributed by atoms with Gasteiger partial charge in [-0.1, -0.05) is 33.6 Å². The van der Waals surface area contributed by atoms with E-state index in [0.717, 1.165) is 32.1 Å². The van der Waals surface area contributed by atoms with E-state index in [1.807, 2.05) is 0 Å². The Kier molecular flexibility index (Phi) is 9.30. The van der Waals surface area contributed by atoms with Gasteiger partial charge in [-0.3, -0.25) is 4.79 Å². The zero-order valence-electron chi connectivity index (χ0n) is 11.1. The van der Waals surface area contributed by atoms with Crippen LogP contribution in [-0.4, -0.2) is 24.8 Å². The van der Waals surface area contributed by atoms with Crippen LogP contribution in [0.1, 0.15) is 59.8 Å². The van der Waals surface area contributed by atoms with E-state index in [-0.39, 0.29) is 18.2 Å². The lowest BCUT2D eigenvalue weighted by atomic mass is 10.1. The van der Waals surface area contributed by atoms with Gasteiger partial charge in [0.25, 0.3) is 0 Å². The van der Waals surface area contributed by atoms with Crippen LogP contribution in [0.5, 0.6) is 0 Å². The van der Waals surface area contributed by atoms with E-state index in [2.05, 4.69) is 20.8 Å². The second-order valence-electron chi connectivity index (χ2n) is 4.14. The van der Waals surface area contributed by atoms with E-state index in [0.29, 0.717) is 6.61 Å². The van der Waals surface area contributed by atoms with E-state index < -0.39 is 0 Å². The van der Waals surface area contributed by atoms with Crippen LogP contribution in [0.25, 0.3) is 0 Å². The predicted octanol–water partition coefficient (Wildman–Crippen LogP) is 3.31. The summed E-state index contributed by atoms with van der Waals surface area (Å²) in [6.07, 6.45) is 5.61. The number of rotatable bonds is 9. The summed E-state index contributed by atoms with van der Waals surface area (Å²) in [6, 6.07) is 0. The Bertz CT molecular complexity index is 176. The first-order valence-electron chi connectivity index (χ1n) is 6.42. The SMILES string of the molecule is CCCCC(COC(C)=O)OC(CC)CC. The van der Waals surface area contributed by atoms with Gasteiger partial charge in [0.15, 0.2) is 0 Å². The molecule has 1 atom stereocenters. The molecule has 0 N–H and O–H groups in total. The van der Waals surface area contributed by atoms with Crippen molar-refractivity contribution in [2.24, 2.45) is 0 Å². The van der Waals surface area contributed by atoms with Crippen LogP contribution in [0.2, 0.25) is 0 Å². The molecule has 0 aromatic heterocycles. The average Bonchev–Trinajstić information content (AvgIpc) is 2.28. The predicted molar refractivity (Wildman–Crippen MR) is 65.4 cm³/mol. The van der Waals surface area contributed by atoms with Crippen LogP contribution in [0.3, 0.4) is 0 Å². The van der Waals surface area contributed by atoms with Crippen molar-refractivity contribution < 1.29 is 14.3 Å². The molecule has 0 aromatic carbocycles. The van der Waals surface area contributed by atoms with Gasteiger partial charge in [-0.25, -0.2) is 0 Å². The van der Waals surface area contributed by atoms with Gasteiger partial charge >= 0.3 is 5.97 Å². The lowest BCUT2D eigenvalue weighted by Gasteiger charge is -2.23. The number of esters is 1. The summed E-state index contributed by atoms with van der Waals surface area (Å²) < 4.78 is 11.0. The highest BCUT2D eigenvalue weighted by Crippen LogP contribution is 2.12. The van der Waals surface area contributed by atoms with Crippen molar-refractivity contribution in [3.05, 3.63) is 0 Å². The third-order valence-electron chi connectivity index (χ3n) is 2.65. The Hall–Kier alpha value is -0.570. The fourth-order valence-corrected chi connectivity index (χ4v) is 1.59. The molecule has 0 aliphatic carbocycles. The van der Waals surface area contributed by atoms with Gasteiger partial charge < -0.3 is 9.47 Å². The zero-order chi connectivity index (χ0) is 12.4. The molecule has 0 radical (unpaired) electrons. The molecular weight excluding hydrogens is 204 g/mol. The molecule has 0 amide bonds. The van der Waals surface area contributed by atoms with Gasteiger partial charge in [-0.05, 0) is 19.3 Å². The second kappa shape index (κ2) is 9.64. The number of unbranched alkanes of at least 4 members (excludes halogenated alkanes) is 1. The Labute approximate surface area is 99.5 Å². The molecule has 3 heteroatoms. The fraction of sp³-hybridized carbons (Fsp3) is 0.923. The molecule has 0 spiro atoms. The largest absolute Gasteiger partial charge is 0.463 e. The van der Waals surface area contributed by atoms with Crippen LogP contribution in [0, 0.1) is 0 Å². The van der Waals surface area contributed by atoms with Crippen molar-refractivity contribution in [3.8, 4) is 0 Å². The van der Waals surface area contributed by atoms with Gasteiger partial charge in [0.05, 0.1) is 12.2 Å². The van der Waals surface area contributed by atoms with Gasteiger partial charge in [-0.15, -0.1) is 0 Å². The monoisotopic (exact) mass is 230 g/mol. The molecule has 0 aromatic rings. The highest BCUT2D eigenvalue weighted by Gasteiger charge is 2.15. The van der Waals surface area contributed by atoms with Gasteiger partial charge in [-0.2, -0.15) is 0 Å². The Morgan fingerprint density at radius 3 is 2.19 bits per heavy atom. The van der Waals surface area contributed by atoms with Crippen LogP contribution in [-0.2, 0) is 14.3 Å². The Morgan fingerprint density at radius 2 is 1.75 bits per heavy atom. The molecule has 1 unspecified atom stereocenters. The van der Waals surface area contributed by atoms with E-state index in [1.165, 1.54) is 6.92 Å². The van der Waals surface area contributed by atoms with Gasteiger partial charge in [0, 0.05) is 6.92 Å². The molecule has 0 rings (SSSR count). The standard InChI is InChI=1S/C13H26O3/c1-5-8-9-13(10-15-11(4)14)16-12(6-2)7-3/h12-13H,5-10H2,1-4H3. The first-order valence-corrected chi connectivity index (χ1v) is 6.42. The summed E-state index contributed by atoms with van der Waals surface area (Å²) in [7, 11) is 0. The molecule has 0 saturated heterocycles. The molecular formula is C13H26O3. The number of carbonyl (C=O) groups is 1. The molecule has 96 valence electrons. The molecule has 0 aliphatic rings. The average molecular weight is 230 g/mol. The molecule has 0 heterocycles. The molecule has 3 nitrogen and oxygen atoms in total. The third-order valence-corrected chi connectivity index (χ3v) is 2.65. The van der Waals surface area contributed by atoms with Crippen LogP contribution < -0.4 is 0 Å². The van der Waals surface area contributed by atoms with Gasteiger partial charge in [0.1, 0.15) is 6.61 Å².